The van der Waals surface area contributed by atoms with Gasteiger partial charge in [-0.2, -0.15) is 0 Å². The van der Waals surface area contributed by atoms with E-state index < -0.39 is 12.0 Å². The zero-order valence-corrected chi connectivity index (χ0v) is 6.58. The topological polar surface area (TPSA) is 143 Å². The maximum absolute atomic E-state index is 10.1. The second-order valence-electron chi connectivity index (χ2n) is 2.21. The fraction of sp³-hybridized carbons (Fsp3) is 0.600. The lowest BCUT2D eigenvalue weighted by atomic mass is 10.2. The van der Waals surface area contributed by atoms with Gasteiger partial charge in [0.15, 0.2) is 0 Å². The molecule has 8 N–H and O–H groups in total. The molecular formula is C5H13N4O3+. The zero-order valence-electron chi connectivity index (χ0n) is 6.58. The van der Waals surface area contributed by atoms with Crippen LogP contribution >= 0.6 is 0 Å². The van der Waals surface area contributed by atoms with E-state index in [2.05, 4.69) is 15.7 Å². The standard InChI is InChI=1S/C5H12N4O3/c6-3(4(10)11)1-2-12-9-5(7)8/h3H,1-2,6H2,(H,10,11)(H4,7,8,9)/p+1/t3-/m0/s1. The quantitative estimate of drug-likeness (QED) is 0.143. The van der Waals surface area contributed by atoms with Gasteiger partial charge in [-0.15, -0.1) is 5.16 Å². The number of quaternary nitrogens is 1. The van der Waals surface area contributed by atoms with Crippen molar-refractivity contribution in [2.45, 2.75) is 12.5 Å². The Bertz CT molecular complexity index is 178. The average Bonchev–Trinajstić information content (AvgIpc) is 1.97. The predicted molar refractivity (Wildman–Crippen MR) is 36.6 cm³/mol. The van der Waals surface area contributed by atoms with Crippen molar-refractivity contribution in [3.05, 3.63) is 0 Å². The molecule has 0 saturated heterocycles. The Kier molecular flexibility index (Phi) is 4.54. The highest BCUT2D eigenvalue weighted by Gasteiger charge is 2.06. The van der Waals surface area contributed by atoms with Gasteiger partial charge in [-0.1, -0.05) is 0 Å². The van der Waals surface area contributed by atoms with Gasteiger partial charge in [-0.25, -0.2) is 0 Å². The van der Waals surface area contributed by atoms with Gasteiger partial charge in [-0.05, 0) is 0 Å². The largest absolute Gasteiger partial charge is 0.544 e. The molecule has 0 aromatic carbocycles. The summed E-state index contributed by atoms with van der Waals surface area (Å²) in [5.74, 6) is -1.28. The van der Waals surface area contributed by atoms with Gasteiger partial charge in [0.05, 0.1) is 5.97 Å². The Morgan fingerprint density at radius 2 is 2.25 bits per heavy atom. The highest BCUT2D eigenvalue weighted by Crippen LogP contribution is 1.81. The Labute approximate surface area is 69.1 Å². The lowest BCUT2D eigenvalue weighted by Gasteiger charge is -2.06. The van der Waals surface area contributed by atoms with E-state index >= 15 is 0 Å². The molecular weight excluding hydrogens is 164 g/mol. The molecule has 7 heteroatoms. The van der Waals surface area contributed by atoms with E-state index in [0.29, 0.717) is 0 Å². The summed E-state index contributed by atoms with van der Waals surface area (Å²) < 4.78 is 0. The summed E-state index contributed by atoms with van der Waals surface area (Å²) in [6.45, 7) is 0.153. The van der Waals surface area contributed by atoms with Gasteiger partial charge >= 0.3 is 5.96 Å². The Hall–Kier alpha value is -1.50. The number of carboxylic acid groups (broad SMARTS) is 1. The molecule has 0 amide bonds. The summed E-state index contributed by atoms with van der Waals surface area (Å²) in [6.07, 6.45) is 0.239. The van der Waals surface area contributed by atoms with Gasteiger partial charge < -0.3 is 20.5 Å². The lowest BCUT2D eigenvalue weighted by Crippen LogP contribution is -2.77. The molecule has 0 saturated carbocycles. The van der Waals surface area contributed by atoms with Crippen molar-refractivity contribution in [2.75, 3.05) is 6.61 Å². The van der Waals surface area contributed by atoms with Gasteiger partial charge in [0, 0.05) is 6.42 Å². The van der Waals surface area contributed by atoms with E-state index in [0.717, 1.165) is 0 Å². The first kappa shape index (κ1) is 10.5. The van der Waals surface area contributed by atoms with E-state index in [1.54, 1.807) is 0 Å². The van der Waals surface area contributed by atoms with Crippen molar-refractivity contribution >= 4 is 11.9 Å². The van der Waals surface area contributed by atoms with Crippen LogP contribution in [0.4, 0.5) is 0 Å². The molecule has 0 aliphatic carbocycles. The van der Waals surface area contributed by atoms with Gasteiger partial charge in [0.1, 0.15) is 12.6 Å². The minimum Gasteiger partial charge on any atom is -0.544 e. The van der Waals surface area contributed by atoms with Gasteiger partial charge in [0.25, 0.3) is 0 Å². The molecule has 0 rings (SSSR count). The number of hydrogen-bond acceptors (Lipinski definition) is 3. The minimum absolute atomic E-state index is 0.0796. The van der Waals surface area contributed by atoms with Crippen molar-refractivity contribution in [2.24, 2.45) is 11.5 Å². The van der Waals surface area contributed by atoms with Crippen LogP contribution in [0.15, 0.2) is 0 Å². The SMILES string of the molecule is NC(N)=[NH+]OCC[C@H]([NH3+])C(=O)[O-]. The zero-order chi connectivity index (χ0) is 9.56. The summed E-state index contributed by atoms with van der Waals surface area (Å²) in [7, 11) is 0. The highest BCUT2D eigenvalue weighted by atomic mass is 16.6. The van der Waals surface area contributed by atoms with Crippen LogP contribution in [0, 0.1) is 0 Å². The first-order valence-corrected chi connectivity index (χ1v) is 3.33. The molecule has 0 aromatic heterocycles. The number of hydrogen-bond donors (Lipinski definition) is 4. The van der Waals surface area contributed by atoms with Crippen LogP contribution in [0.25, 0.3) is 0 Å². The second-order valence-corrected chi connectivity index (χ2v) is 2.21. The third-order valence-corrected chi connectivity index (χ3v) is 1.09. The van der Waals surface area contributed by atoms with Crippen molar-refractivity contribution in [1.82, 2.24) is 0 Å². The third-order valence-electron chi connectivity index (χ3n) is 1.09. The molecule has 0 unspecified atom stereocenters. The summed E-state index contributed by atoms with van der Waals surface area (Å²) in [5, 5.41) is 12.3. The number of carboxylic acids is 1. The van der Waals surface area contributed by atoms with Gasteiger partial charge in [0.2, 0.25) is 0 Å². The van der Waals surface area contributed by atoms with E-state index in [1.807, 2.05) is 0 Å². The molecule has 0 radical (unpaired) electrons. The van der Waals surface area contributed by atoms with Crippen LogP contribution in [0.1, 0.15) is 6.42 Å². The second kappa shape index (κ2) is 5.19. The smallest absolute Gasteiger partial charge is 0.375 e. The number of nitrogens with two attached hydrogens (primary N) is 2. The molecule has 0 bridgehead atoms. The molecule has 0 aliphatic heterocycles. The summed E-state index contributed by atoms with van der Waals surface area (Å²) in [6, 6.07) is -0.786. The lowest BCUT2D eigenvalue weighted by molar-refractivity contribution is -0.755. The van der Waals surface area contributed by atoms with Crippen LogP contribution in [-0.2, 0) is 9.63 Å². The maximum Gasteiger partial charge on any atom is 0.375 e. The summed E-state index contributed by atoms with van der Waals surface area (Å²) >= 11 is 0. The number of guanidine groups is 1. The van der Waals surface area contributed by atoms with Crippen molar-refractivity contribution in [3.8, 4) is 0 Å². The monoisotopic (exact) mass is 177 g/mol. The summed E-state index contributed by atoms with van der Waals surface area (Å²) in [4.78, 5) is 14.8. The number of nitrogens with one attached hydrogen (secondary N) is 1. The van der Waals surface area contributed by atoms with Crippen LogP contribution in [0.3, 0.4) is 0 Å². The predicted octanol–water partition coefficient (Wildman–Crippen LogP) is -5.98. The fourth-order valence-electron chi connectivity index (χ4n) is 0.453. The third kappa shape index (κ3) is 5.30. The molecule has 70 valence electrons. The van der Waals surface area contributed by atoms with Crippen LogP contribution in [-0.4, -0.2) is 24.6 Å². The molecule has 7 nitrogen and oxygen atoms in total. The molecule has 0 heterocycles. The molecule has 0 aromatic rings. The van der Waals surface area contributed by atoms with Gasteiger partial charge in [-0.3, -0.25) is 11.5 Å². The van der Waals surface area contributed by atoms with Crippen molar-refractivity contribution in [1.29, 1.82) is 0 Å². The number of aliphatic carboxylic acids is 1. The molecule has 1 atom stereocenters. The van der Waals surface area contributed by atoms with Crippen molar-refractivity contribution < 1.29 is 25.6 Å². The number of rotatable bonds is 5. The number of carbonyl (C=O) groups is 1. The molecule has 0 fully saturated rings. The molecule has 0 aliphatic rings. The van der Waals surface area contributed by atoms with E-state index in [-0.39, 0.29) is 19.0 Å². The highest BCUT2D eigenvalue weighted by molar-refractivity contribution is 5.69. The van der Waals surface area contributed by atoms with Crippen LogP contribution in [0.2, 0.25) is 0 Å². The minimum atomic E-state index is -1.21. The first-order valence-electron chi connectivity index (χ1n) is 3.33. The van der Waals surface area contributed by atoms with E-state index in [4.69, 9.17) is 11.5 Å². The van der Waals surface area contributed by atoms with Crippen LogP contribution in [0.5, 0.6) is 0 Å². The Morgan fingerprint density at radius 1 is 1.67 bits per heavy atom. The Morgan fingerprint density at radius 3 is 2.67 bits per heavy atom. The normalized spacial score (nSPS) is 11.8. The molecule has 0 spiro atoms. The van der Waals surface area contributed by atoms with Crippen LogP contribution < -0.4 is 27.5 Å². The summed E-state index contributed by atoms with van der Waals surface area (Å²) in [5.41, 5.74) is 13.3. The molecule has 12 heavy (non-hydrogen) atoms. The van der Waals surface area contributed by atoms with E-state index in [1.165, 1.54) is 0 Å². The first-order chi connectivity index (χ1) is 5.54. The fourth-order valence-corrected chi connectivity index (χ4v) is 0.453. The van der Waals surface area contributed by atoms with Crippen molar-refractivity contribution in [3.63, 3.8) is 0 Å². The maximum atomic E-state index is 10.1. The van der Waals surface area contributed by atoms with E-state index in [9.17, 15) is 9.90 Å². The average molecular weight is 177 g/mol. The Balaban J connectivity index is 3.44. The number of carbonyl (C=O) groups excluding carboxylic acids is 1.